The predicted molar refractivity (Wildman–Crippen MR) is 66.7 cm³/mol. The monoisotopic (exact) mass is 243 g/mol. The van der Waals surface area contributed by atoms with Crippen molar-refractivity contribution in [3.8, 4) is 0 Å². The standard InChI is InChI=1S/C13H25NO3/c1-3-7-11(13(16)17-4-2)14-10-8-5-6-9-12(10)15/h10-12,14-15H,3-9H2,1-2H3. The molecule has 0 aromatic heterocycles. The number of nitrogens with one attached hydrogen (secondary N) is 1. The second kappa shape index (κ2) is 7.67. The van der Waals surface area contributed by atoms with E-state index in [4.69, 9.17) is 4.74 Å². The van der Waals surface area contributed by atoms with Gasteiger partial charge in [-0.2, -0.15) is 0 Å². The Morgan fingerprint density at radius 3 is 2.71 bits per heavy atom. The zero-order valence-electron chi connectivity index (χ0n) is 10.9. The molecule has 1 aliphatic rings. The molecule has 0 spiro atoms. The number of carbonyl (C=O) groups excluding carboxylic acids is 1. The quantitative estimate of drug-likeness (QED) is 0.696. The normalized spacial score (nSPS) is 26.5. The number of hydrogen-bond acceptors (Lipinski definition) is 4. The van der Waals surface area contributed by atoms with E-state index in [-0.39, 0.29) is 24.2 Å². The second-order valence-electron chi connectivity index (χ2n) is 4.72. The van der Waals surface area contributed by atoms with Crippen LogP contribution in [-0.4, -0.2) is 35.9 Å². The Balaban J connectivity index is 2.49. The van der Waals surface area contributed by atoms with Gasteiger partial charge in [-0.25, -0.2) is 0 Å². The lowest BCUT2D eigenvalue weighted by Crippen LogP contribution is -2.50. The van der Waals surface area contributed by atoms with Crippen molar-refractivity contribution in [2.75, 3.05) is 6.61 Å². The zero-order valence-corrected chi connectivity index (χ0v) is 10.9. The molecule has 3 unspecified atom stereocenters. The Morgan fingerprint density at radius 2 is 2.12 bits per heavy atom. The molecule has 0 aliphatic heterocycles. The SMILES string of the molecule is CCCC(NC1CCCCC1O)C(=O)OCC. The molecule has 2 N–H and O–H groups in total. The highest BCUT2D eigenvalue weighted by molar-refractivity contribution is 5.75. The summed E-state index contributed by atoms with van der Waals surface area (Å²) in [7, 11) is 0. The summed E-state index contributed by atoms with van der Waals surface area (Å²) in [6.07, 6.45) is 5.35. The third kappa shape index (κ3) is 4.64. The lowest BCUT2D eigenvalue weighted by atomic mass is 9.91. The first-order valence-corrected chi connectivity index (χ1v) is 6.79. The molecule has 0 saturated heterocycles. The van der Waals surface area contributed by atoms with Crippen molar-refractivity contribution < 1.29 is 14.6 Å². The van der Waals surface area contributed by atoms with Crippen LogP contribution in [0.5, 0.6) is 0 Å². The molecule has 1 rings (SSSR count). The maximum atomic E-state index is 11.7. The van der Waals surface area contributed by atoms with Gasteiger partial charge in [0.1, 0.15) is 6.04 Å². The fourth-order valence-corrected chi connectivity index (χ4v) is 2.36. The van der Waals surface area contributed by atoms with Gasteiger partial charge >= 0.3 is 5.97 Å². The molecule has 1 saturated carbocycles. The minimum Gasteiger partial charge on any atom is -0.465 e. The van der Waals surface area contributed by atoms with Crippen LogP contribution in [0.1, 0.15) is 52.4 Å². The van der Waals surface area contributed by atoms with Gasteiger partial charge in [-0.1, -0.05) is 26.2 Å². The molecule has 4 heteroatoms. The molecule has 0 bridgehead atoms. The predicted octanol–water partition coefficient (Wildman–Crippen LogP) is 1.61. The number of carbonyl (C=O) groups is 1. The number of hydrogen-bond donors (Lipinski definition) is 2. The molecular formula is C13H25NO3. The maximum absolute atomic E-state index is 11.7. The van der Waals surface area contributed by atoms with E-state index in [2.05, 4.69) is 5.32 Å². The highest BCUT2D eigenvalue weighted by Crippen LogP contribution is 2.19. The molecule has 4 nitrogen and oxygen atoms in total. The number of aliphatic hydroxyl groups excluding tert-OH is 1. The smallest absolute Gasteiger partial charge is 0.323 e. The molecule has 1 fully saturated rings. The van der Waals surface area contributed by atoms with Crippen LogP contribution in [0.25, 0.3) is 0 Å². The highest BCUT2D eigenvalue weighted by Gasteiger charge is 2.28. The van der Waals surface area contributed by atoms with Crippen molar-refractivity contribution in [3.05, 3.63) is 0 Å². The van der Waals surface area contributed by atoms with E-state index in [9.17, 15) is 9.90 Å². The van der Waals surface area contributed by atoms with Crippen LogP contribution in [-0.2, 0) is 9.53 Å². The summed E-state index contributed by atoms with van der Waals surface area (Å²) in [5.74, 6) is -0.188. The van der Waals surface area contributed by atoms with Gasteiger partial charge in [0.05, 0.1) is 12.7 Å². The molecule has 3 atom stereocenters. The van der Waals surface area contributed by atoms with Gasteiger partial charge < -0.3 is 9.84 Å². The summed E-state index contributed by atoms with van der Waals surface area (Å²) in [6.45, 7) is 4.27. The van der Waals surface area contributed by atoms with Crippen molar-refractivity contribution in [2.24, 2.45) is 0 Å². The molecular weight excluding hydrogens is 218 g/mol. The van der Waals surface area contributed by atoms with Crippen LogP contribution in [0, 0.1) is 0 Å². The van der Waals surface area contributed by atoms with Crippen molar-refractivity contribution in [1.29, 1.82) is 0 Å². The topological polar surface area (TPSA) is 58.6 Å². The van der Waals surface area contributed by atoms with Crippen molar-refractivity contribution in [1.82, 2.24) is 5.32 Å². The Morgan fingerprint density at radius 1 is 1.41 bits per heavy atom. The Hall–Kier alpha value is -0.610. The minimum absolute atomic E-state index is 0.0460. The van der Waals surface area contributed by atoms with E-state index in [0.29, 0.717) is 6.61 Å². The summed E-state index contributed by atoms with van der Waals surface area (Å²) >= 11 is 0. The van der Waals surface area contributed by atoms with Crippen molar-refractivity contribution in [2.45, 2.75) is 70.6 Å². The lowest BCUT2D eigenvalue weighted by Gasteiger charge is -2.31. The van der Waals surface area contributed by atoms with Crippen LogP contribution in [0.4, 0.5) is 0 Å². The summed E-state index contributed by atoms with van der Waals surface area (Å²) < 4.78 is 5.05. The Kier molecular flexibility index (Phi) is 6.52. The molecule has 0 heterocycles. The van der Waals surface area contributed by atoms with E-state index < -0.39 is 0 Å². The third-order valence-corrected chi connectivity index (χ3v) is 3.29. The summed E-state index contributed by atoms with van der Waals surface area (Å²) in [5.41, 5.74) is 0. The lowest BCUT2D eigenvalue weighted by molar-refractivity contribution is -0.146. The van der Waals surface area contributed by atoms with Crippen LogP contribution >= 0.6 is 0 Å². The van der Waals surface area contributed by atoms with Crippen molar-refractivity contribution in [3.63, 3.8) is 0 Å². The van der Waals surface area contributed by atoms with Gasteiger partial charge in [0, 0.05) is 6.04 Å². The molecule has 0 amide bonds. The van der Waals surface area contributed by atoms with Gasteiger partial charge in [0.2, 0.25) is 0 Å². The van der Waals surface area contributed by atoms with E-state index >= 15 is 0 Å². The average molecular weight is 243 g/mol. The summed E-state index contributed by atoms with van der Waals surface area (Å²) in [4.78, 5) is 11.7. The summed E-state index contributed by atoms with van der Waals surface area (Å²) in [6, 6.07) is -0.220. The Bertz CT molecular complexity index is 233. The third-order valence-electron chi connectivity index (χ3n) is 3.29. The number of rotatable bonds is 6. The fraction of sp³-hybridized carbons (Fsp3) is 0.923. The van der Waals surface area contributed by atoms with Crippen LogP contribution in [0.2, 0.25) is 0 Å². The van der Waals surface area contributed by atoms with Gasteiger partial charge in [0.25, 0.3) is 0 Å². The molecule has 17 heavy (non-hydrogen) atoms. The number of ether oxygens (including phenoxy) is 1. The largest absolute Gasteiger partial charge is 0.465 e. The summed E-state index contributed by atoms with van der Waals surface area (Å²) in [5, 5.41) is 13.1. The minimum atomic E-state index is -0.322. The van der Waals surface area contributed by atoms with E-state index in [1.165, 1.54) is 0 Å². The highest BCUT2D eigenvalue weighted by atomic mass is 16.5. The fourth-order valence-electron chi connectivity index (χ4n) is 2.36. The number of aliphatic hydroxyl groups is 1. The van der Waals surface area contributed by atoms with Crippen LogP contribution in [0.15, 0.2) is 0 Å². The Labute approximate surface area is 104 Å². The first-order valence-electron chi connectivity index (χ1n) is 6.79. The second-order valence-corrected chi connectivity index (χ2v) is 4.72. The van der Waals surface area contributed by atoms with E-state index in [1.807, 2.05) is 13.8 Å². The van der Waals surface area contributed by atoms with Gasteiger partial charge in [-0.3, -0.25) is 10.1 Å². The van der Waals surface area contributed by atoms with E-state index in [0.717, 1.165) is 38.5 Å². The average Bonchev–Trinajstić information content (AvgIpc) is 2.31. The number of esters is 1. The molecule has 1 aliphatic carbocycles. The van der Waals surface area contributed by atoms with Crippen molar-refractivity contribution >= 4 is 5.97 Å². The van der Waals surface area contributed by atoms with E-state index in [1.54, 1.807) is 0 Å². The molecule has 100 valence electrons. The molecule has 0 aromatic carbocycles. The molecule has 0 aromatic rings. The molecule has 0 radical (unpaired) electrons. The van der Waals surface area contributed by atoms with Crippen LogP contribution < -0.4 is 5.32 Å². The zero-order chi connectivity index (χ0) is 12.7. The first-order chi connectivity index (χ1) is 8.19. The first kappa shape index (κ1) is 14.5. The van der Waals surface area contributed by atoms with Crippen LogP contribution in [0.3, 0.4) is 0 Å². The van der Waals surface area contributed by atoms with Gasteiger partial charge in [-0.15, -0.1) is 0 Å². The maximum Gasteiger partial charge on any atom is 0.323 e. The van der Waals surface area contributed by atoms with Gasteiger partial charge in [0.15, 0.2) is 0 Å². The van der Waals surface area contributed by atoms with Gasteiger partial charge in [-0.05, 0) is 26.2 Å².